The Bertz CT molecular complexity index is 390. The van der Waals surface area contributed by atoms with Crippen LogP contribution in [0.3, 0.4) is 0 Å². The van der Waals surface area contributed by atoms with Crippen molar-refractivity contribution in [3.05, 3.63) is 28.2 Å². The third kappa shape index (κ3) is 2.30. The maximum Gasteiger partial charge on any atom is 0.250 e. The van der Waals surface area contributed by atoms with Gasteiger partial charge in [0.05, 0.1) is 11.6 Å². The molecule has 0 atom stereocenters. The minimum atomic E-state index is -0.411. The van der Waals surface area contributed by atoms with Gasteiger partial charge in [0.1, 0.15) is 0 Å². The van der Waals surface area contributed by atoms with Gasteiger partial charge in [-0.2, -0.15) is 0 Å². The second-order valence-electron chi connectivity index (χ2n) is 3.55. The van der Waals surface area contributed by atoms with Crippen molar-refractivity contribution in [3.63, 3.8) is 0 Å². The molecule has 1 amide bonds. The summed E-state index contributed by atoms with van der Waals surface area (Å²) in [5, 5.41) is 6.42. The summed E-state index contributed by atoms with van der Waals surface area (Å²) in [6.07, 6.45) is 0. The summed E-state index contributed by atoms with van der Waals surface area (Å²) < 4.78 is 0.855. The number of halogens is 1. The zero-order valence-corrected chi connectivity index (χ0v) is 9.67. The van der Waals surface area contributed by atoms with Crippen molar-refractivity contribution in [2.24, 2.45) is 5.73 Å². The molecule has 4 N–H and O–H groups in total. The number of benzene rings is 1. The molecule has 1 aromatic rings. The first kappa shape index (κ1) is 10.4. The lowest BCUT2D eigenvalue weighted by molar-refractivity contribution is 0.100. The van der Waals surface area contributed by atoms with Gasteiger partial charge in [-0.25, -0.2) is 0 Å². The van der Waals surface area contributed by atoms with Gasteiger partial charge in [-0.1, -0.05) is 15.9 Å². The molecule has 1 saturated heterocycles. The average Bonchev–Trinajstić information content (AvgIpc) is 2.12. The van der Waals surface area contributed by atoms with E-state index in [0.717, 1.165) is 23.2 Å². The van der Waals surface area contributed by atoms with Crippen LogP contribution in [0, 0.1) is 0 Å². The van der Waals surface area contributed by atoms with E-state index in [9.17, 15) is 4.79 Å². The van der Waals surface area contributed by atoms with E-state index in [1.54, 1.807) is 6.07 Å². The minimum Gasteiger partial charge on any atom is -0.379 e. The van der Waals surface area contributed by atoms with Crippen molar-refractivity contribution >= 4 is 27.5 Å². The van der Waals surface area contributed by atoms with Crippen molar-refractivity contribution < 1.29 is 4.79 Å². The van der Waals surface area contributed by atoms with Gasteiger partial charge in [0.25, 0.3) is 5.91 Å². The van der Waals surface area contributed by atoms with Crippen LogP contribution in [0.25, 0.3) is 0 Å². The molecule has 0 aromatic heterocycles. The molecule has 1 fully saturated rings. The van der Waals surface area contributed by atoms with Gasteiger partial charge in [-0.3, -0.25) is 4.79 Å². The van der Waals surface area contributed by atoms with Gasteiger partial charge in [-0.05, 0) is 18.2 Å². The molecule has 15 heavy (non-hydrogen) atoms. The van der Waals surface area contributed by atoms with E-state index in [2.05, 4.69) is 26.6 Å². The van der Waals surface area contributed by atoms with Crippen molar-refractivity contribution in [1.29, 1.82) is 0 Å². The van der Waals surface area contributed by atoms with Gasteiger partial charge in [0.2, 0.25) is 0 Å². The number of carbonyl (C=O) groups is 1. The zero-order valence-electron chi connectivity index (χ0n) is 8.09. The maximum atomic E-state index is 11.2. The summed E-state index contributed by atoms with van der Waals surface area (Å²) in [6.45, 7) is 1.85. The second kappa shape index (κ2) is 4.20. The highest BCUT2D eigenvalue weighted by Crippen LogP contribution is 2.21. The molecular formula is C10H12BrN3O. The summed E-state index contributed by atoms with van der Waals surface area (Å²) in [5.41, 5.74) is 6.63. The van der Waals surface area contributed by atoms with E-state index in [1.165, 1.54) is 0 Å². The Hall–Kier alpha value is -1.07. The number of hydrogen-bond acceptors (Lipinski definition) is 3. The fourth-order valence-corrected chi connectivity index (χ4v) is 1.82. The number of anilines is 1. The molecule has 1 heterocycles. The number of primary amides is 1. The fourth-order valence-electron chi connectivity index (χ4n) is 1.46. The normalized spacial score (nSPS) is 15.8. The summed E-state index contributed by atoms with van der Waals surface area (Å²) in [7, 11) is 0. The van der Waals surface area contributed by atoms with E-state index < -0.39 is 5.91 Å². The molecule has 0 radical (unpaired) electrons. The van der Waals surface area contributed by atoms with Crippen molar-refractivity contribution in [2.75, 3.05) is 18.4 Å². The average molecular weight is 270 g/mol. The highest BCUT2D eigenvalue weighted by molar-refractivity contribution is 9.10. The smallest absolute Gasteiger partial charge is 0.250 e. The molecule has 80 valence electrons. The highest BCUT2D eigenvalue weighted by Gasteiger charge is 2.18. The maximum absolute atomic E-state index is 11.2. The predicted octanol–water partition coefficient (Wildman–Crippen LogP) is 0.932. The number of amides is 1. The topological polar surface area (TPSA) is 67.2 Å². The summed E-state index contributed by atoms with van der Waals surface area (Å²) in [4.78, 5) is 11.2. The van der Waals surface area contributed by atoms with Crippen LogP contribution in [0.4, 0.5) is 5.69 Å². The lowest BCUT2D eigenvalue weighted by Crippen LogP contribution is -2.51. The predicted molar refractivity (Wildman–Crippen MR) is 62.9 cm³/mol. The Morgan fingerprint density at radius 1 is 1.53 bits per heavy atom. The number of carbonyl (C=O) groups excluding carboxylic acids is 1. The first-order valence-electron chi connectivity index (χ1n) is 4.73. The molecule has 2 rings (SSSR count). The molecule has 0 bridgehead atoms. The zero-order chi connectivity index (χ0) is 10.8. The number of nitrogens with one attached hydrogen (secondary N) is 2. The lowest BCUT2D eigenvalue weighted by Gasteiger charge is -2.29. The summed E-state index contributed by atoms with van der Waals surface area (Å²) >= 11 is 3.31. The first-order chi connectivity index (χ1) is 7.16. The molecule has 4 nitrogen and oxygen atoms in total. The van der Waals surface area contributed by atoms with Crippen LogP contribution in [-0.2, 0) is 0 Å². The Kier molecular flexibility index (Phi) is 2.93. The molecule has 0 saturated carbocycles. The molecular weight excluding hydrogens is 258 g/mol. The monoisotopic (exact) mass is 269 g/mol. The van der Waals surface area contributed by atoms with E-state index in [4.69, 9.17) is 5.73 Å². The van der Waals surface area contributed by atoms with E-state index in [1.807, 2.05) is 12.1 Å². The van der Waals surface area contributed by atoms with Crippen molar-refractivity contribution in [1.82, 2.24) is 5.32 Å². The molecule has 1 aliphatic heterocycles. The fraction of sp³-hybridized carbons (Fsp3) is 0.300. The van der Waals surface area contributed by atoms with E-state index in [-0.39, 0.29) is 0 Å². The molecule has 0 aliphatic carbocycles. The Labute approximate surface area is 96.4 Å². The quantitative estimate of drug-likeness (QED) is 0.765. The van der Waals surface area contributed by atoms with Crippen LogP contribution in [0.1, 0.15) is 10.4 Å². The Morgan fingerprint density at radius 3 is 2.80 bits per heavy atom. The molecule has 5 heteroatoms. The van der Waals surface area contributed by atoms with Crippen LogP contribution in [0.2, 0.25) is 0 Å². The van der Waals surface area contributed by atoms with Gasteiger partial charge < -0.3 is 16.4 Å². The largest absolute Gasteiger partial charge is 0.379 e. The van der Waals surface area contributed by atoms with Gasteiger partial charge in [-0.15, -0.1) is 0 Å². The highest BCUT2D eigenvalue weighted by atomic mass is 79.9. The summed E-state index contributed by atoms with van der Waals surface area (Å²) in [5.74, 6) is -0.411. The van der Waals surface area contributed by atoms with Crippen molar-refractivity contribution in [3.8, 4) is 0 Å². The molecule has 1 aliphatic rings. The van der Waals surface area contributed by atoms with Crippen LogP contribution >= 0.6 is 15.9 Å². The van der Waals surface area contributed by atoms with Gasteiger partial charge >= 0.3 is 0 Å². The third-order valence-corrected chi connectivity index (χ3v) is 2.88. The molecule has 1 aromatic carbocycles. The van der Waals surface area contributed by atoms with E-state index in [0.29, 0.717) is 11.6 Å². The Morgan fingerprint density at radius 2 is 2.27 bits per heavy atom. The second-order valence-corrected chi connectivity index (χ2v) is 4.47. The molecule has 0 spiro atoms. The number of nitrogens with two attached hydrogens (primary N) is 1. The van der Waals surface area contributed by atoms with Crippen molar-refractivity contribution in [2.45, 2.75) is 6.04 Å². The third-order valence-electron chi connectivity index (χ3n) is 2.39. The first-order valence-corrected chi connectivity index (χ1v) is 5.53. The molecule has 0 unspecified atom stereocenters. The Balaban J connectivity index is 2.23. The van der Waals surface area contributed by atoms with Crippen LogP contribution in [0.15, 0.2) is 22.7 Å². The van der Waals surface area contributed by atoms with E-state index >= 15 is 0 Å². The number of hydrogen-bond donors (Lipinski definition) is 3. The SMILES string of the molecule is NC(=O)c1cc(Br)ccc1NC1CNC1. The van der Waals surface area contributed by atoms with Gasteiger partial charge in [0.15, 0.2) is 0 Å². The van der Waals surface area contributed by atoms with Crippen LogP contribution in [0.5, 0.6) is 0 Å². The summed E-state index contributed by atoms with van der Waals surface area (Å²) in [6, 6.07) is 5.88. The van der Waals surface area contributed by atoms with Crippen LogP contribution in [-0.4, -0.2) is 25.0 Å². The standard InChI is InChI=1S/C10H12BrN3O/c11-6-1-2-9(8(3-6)10(12)15)14-7-4-13-5-7/h1-3,7,13-14H,4-5H2,(H2,12,15). The number of rotatable bonds is 3. The van der Waals surface area contributed by atoms with Crippen LogP contribution < -0.4 is 16.4 Å². The lowest BCUT2D eigenvalue weighted by atomic mass is 10.1. The minimum absolute atomic E-state index is 0.393. The van der Waals surface area contributed by atoms with Gasteiger partial charge in [0, 0.05) is 23.2 Å².